The fraction of sp³-hybridized carbons (Fsp3) is 0.533. The second-order valence-corrected chi connectivity index (χ2v) is 5.36. The highest BCUT2D eigenvalue weighted by Gasteiger charge is 2.31. The molecule has 0 saturated heterocycles. The number of nitrogens with two attached hydrogens (primary N) is 1. The first-order valence-corrected chi connectivity index (χ1v) is 7.38. The molecule has 0 unspecified atom stereocenters. The number of nitrogens with zero attached hydrogens (tertiary/aromatic N) is 1. The molecule has 1 aromatic rings. The zero-order valence-corrected chi connectivity index (χ0v) is 12.0. The summed E-state index contributed by atoms with van der Waals surface area (Å²) in [5, 5.41) is 5.57. The van der Waals surface area contributed by atoms with E-state index in [9.17, 15) is 9.59 Å². The van der Waals surface area contributed by atoms with Crippen molar-refractivity contribution in [2.75, 3.05) is 18.4 Å². The first-order valence-electron chi connectivity index (χ1n) is 7.38. The van der Waals surface area contributed by atoms with Gasteiger partial charge < -0.3 is 16.4 Å². The van der Waals surface area contributed by atoms with Gasteiger partial charge in [-0.2, -0.15) is 0 Å². The van der Waals surface area contributed by atoms with Crippen LogP contribution in [0, 0.1) is 11.8 Å². The topological polar surface area (TPSA) is 97.1 Å². The zero-order valence-electron chi connectivity index (χ0n) is 12.0. The predicted octanol–water partition coefficient (Wildman–Crippen LogP) is 0.901. The van der Waals surface area contributed by atoms with Crippen molar-refractivity contribution in [3.8, 4) is 0 Å². The molecular weight excluding hydrogens is 268 g/mol. The van der Waals surface area contributed by atoms with E-state index >= 15 is 0 Å². The lowest BCUT2D eigenvalue weighted by Gasteiger charge is -2.17. The molecule has 1 aliphatic carbocycles. The standard InChI is InChI=1S/C15H22N4O2/c16-9-11-3-1-5-13(11)15(21)18-8-6-14(20)19-12-4-2-7-17-10-12/h2,4,7,10-11,13H,1,3,5-6,8-9,16H2,(H,18,21)(H,19,20)/t11-,13-/m1/s1. The number of aromatic nitrogens is 1. The van der Waals surface area contributed by atoms with Gasteiger partial charge in [-0.15, -0.1) is 0 Å². The van der Waals surface area contributed by atoms with Crippen LogP contribution in [0.1, 0.15) is 25.7 Å². The van der Waals surface area contributed by atoms with Gasteiger partial charge in [-0.05, 0) is 37.4 Å². The number of anilines is 1. The number of rotatable bonds is 6. The molecule has 2 rings (SSSR count). The number of nitrogens with one attached hydrogen (secondary N) is 2. The molecule has 1 heterocycles. The van der Waals surface area contributed by atoms with E-state index in [0.29, 0.717) is 18.8 Å². The van der Waals surface area contributed by atoms with Crippen LogP contribution in [0.15, 0.2) is 24.5 Å². The van der Waals surface area contributed by atoms with Crippen LogP contribution in [0.25, 0.3) is 0 Å². The molecular formula is C15H22N4O2. The molecule has 6 nitrogen and oxygen atoms in total. The van der Waals surface area contributed by atoms with Crippen molar-refractivity contribution in [1.29, 1.82) is 0 Å². The van der Waals surface area contributed by atoms with Gasteiger partial charge in [-0.25, -0.2) is 0 Å². The van der Waals surface area contributed by atoms with Crippen LogP contribution in [0.5, 0.6) is 0 Å². The Morgan fingerprint density at radius 2 is 2.24 bits per heavy atom. The second-order valence-electron chi connectivity index (χ2n) is 5.36. The van der Waals surface area contributed by atoms with Crippen LogP contribution in [-0.4, -0.2) is 29.9 Å². The maximum absolute atomic E-state index is 12.0. The molecule has 0 radical (unpaired) electrons. The van der Waals surface area contributed by atoms with Crippen molar-refractivity contribution in [2.24, 2.45) is 17.6 Å². The molecule has 1 aromatic heterocycles. The monoisotopic (exact) mass is 290 g/mol. The third-order valence-electron chi connectivity index (χ3n) is 3.90. The van der Waals surface area contributed by atoms with Gasteiger partial charge in [0.05, 0.1) is 11.9 Å². The van der Waals surface area contributed by atoms with Crippen molar-refractivity contribution < 1.29 is 9.59 Å². The summed E-state index contributed by atoms with van der Waals surface area (Å²) in [5.74, 6) is 0.188. The Labute approximate surface area is 124 Å². The Bertz CT molecular complexity index is 478. The first kappa shape index (κ1) is 15.4. The van der Waals surface area contributed by atoms with Gasteiger partial charge in [0.1, 0.15) is 0 Å². The van der Waals surface area contributed by atoms with Crippen LogP contribution in [0.4, 0.5) is 5.69 Å². The molecule has 6 heteroatoms. The average Bonchev–Trinajstić information content (AvgIpc) is 2.96. The third kappa shape index (κ3) is 4.53. The molecule has 0 bridgehead atoms. The summed E-state index contributed by atoms with van der Waals surface area (Å²) in [6.07, 6.45) is 6.46. The molecule has 1 fully saturated rings. The third-order valence-corrected chi connectivity index (χ3v) is 3.90. The Hall–Kier alpha value is -1.95. The summed E-state index contributed by atoms with van der Waals surface area (Å²) >= 11 is 0. The van der Waals surface area contributed by atoms with E-state index in [2.05, 4.69) is 15.6 Å². The lowest BCUT2D eigenvalue weighted by molar-refractivity contribution is -0.126. The summed E-state index contributed by atoms with van der Waals surface area (Å²) in [7, 11) is 0. The Kier molecular flexibility index (Phi) is 5.68. The van der Waals surface area contributed by atoms with Gasteiger partial charge in [0.25, 0.3) is 0 Å². The van der Waals surface area contributed by atoms with E-state index in [1.165, 1.54) is 0 Å². The van der Waals surface area contributed by atoms with Crippen LogP contribution in [0.3, 0.4) is 0 Å². The van der Waals surface area contributed by atoms with E-state index in [1.54, 1.807) is 24.5 Å². The number of hydrogen-bond acceptors (Lipinski definition) is 4. The van der Waals surface area contributed by atoms with Gasteiger partial charge >= 0.3 is 0 Å². The Morgan fingerprint density at radius 3 is 2.95 bits per heavy atom. The summed E-state index contributed by atoms with van der Waals surface area (Å²) < 4.78 is 0. The molecule has 1 saturated carbocycles. The maximum atomic E-state index is 12.0. The summed E-state index contributed by atoms with van der Waals surface area (Å²) in [5.41, 5.74) is 6.33. The van der Waals surface area contributed by atoms with Gasteiger partial charge in [-0.1, -0.05) is 6.42 Å². The molecule has 0 aliphatic heterocycles. The van der Waals surface area contributed by atoms with E-state index in [1.807, 2.05) is 0 Å². The molecule has 2 atom stereocenters. The van der Waals surface area contributed by atoms with Crippen LogP contribution in [0.2, 0.25) is 0 Å². The minimum Gasteiger partial charge on any atom is -0.355 e. The number of hydrogen-bond donors (Lipinski definition) is 3. The molecule has 2 amide bonds. The van der Waals surface area contributed by atoms with Crippen molar-refractivity contribution in [3.05, 3.63) is 24.5 Å². The van der Waals surface area contributed by atoms with E-state index < -0.39 is 0 Å². The Morgan fingerprint density at radius 1 is 1.38 bits per heavy atom. The van der Waals surface area contributed by atoms with Gasteiger partial charge in [0, 0.05) is 25.1 Å². The van der Waals surface area contributed by atoms with Crippen molar-refractivity contribution >= 4 is 17.5 Å². The lowest BCUT2D eigenvalue weighted by atomic mass is 9.95. The largest absolute Gasteiger partial charge is 0.355 e. The smallest absolute Gasteiger partial charge is 0.226 e. The first-order chi connectivity index (χ1) is 10.2. The van der Waals surface area contributed by atoms with Crippen molar-refractivity contribution in [1.82, 2.24) is 10.3 Å². The van der Waals surface area contributed by atoms with Gasteiger partial charge in [0.2, 0.25) is 11.8 Å². The number of carbonyl (C=O) groups is 2. The molecule has 0 aromatic carbocycles. The van der Waals surface area contributed by atoms with E-state index in [0.717, 1.165) is 19.3 Å². The van der Waals surface area contributed by atoms with Crippen LogP contribution in [-0.2, 0) is 9.59 Å². The minimum absolute atomic E-state index is 0.0105. The molecule has 0 spiro atoms. The van der Waals surface area contributed by atoms with E-state index in [-0.39, 0.29) is 30.1 Å². The minimum atomic E-state index is -0.134. The maximum Gasteiger partial charge on any atom is 0.226 e. The molecule has 21 heavy (non-hydrogen) atoms. The van der Waals surface area contributed by atoms with Crippen LogP contribution >= 0.6 is 0 Å². The fourth-order valence-electron chi connectivity index (χ4n) is 2.75. The average molecular weight is 290 g/mol. The SMILES string of the molecule is NC[C@H]1CCC[C@H]1C(=O)NCCC(=O)Nc1cccnc1. The number of carbonyl (C=O) groups excluding carboxylic acids is 2. The predicted molar refractivity (Wildman–Crippen MR) is 80.4 cm³/mol. The lowest BCUT2D eigenvalue weighted by Crippen LogP contribution is -2.36. The van der Waals surface area contributed by atoms with Gasteiger partial charge in [0.15, 0.2) is 0 Å². The zero-order chi connectivity index (χ0) is 15.1. The fourth-order valence-corrected chi connectivity index (χ4v) is 2.75. The Balaban J connectivity index is 1.69. The van der Waals surface area contributed by atoms with Gasteiger partial charge in [-0.3, -0.25) is 14.6 Å². The highest BCUT2D eigenvalue weighted by atomic mass is 16.2. The second kappa shape index (κ2) is 7.73. The number of pyridine rings is 1. The van der Waals surface area contributed by atoms with E-state index in [4.69, 9.17) is 5.73 Å². The quantitative estimate of drug-likeness (QED) is 0.725. The van der Waals surface area contributed by atoms with Crippen LogP contribution < -0.4 is 16.4 Å². The highest BCUT2D eigenvalue weighted by molar-refractivity contribution is 5.91. The summed E-state index contributed by atoms with van der Waals surface area (Å²) in [4.78, 5) is 27.7. The van der Waals surface area contributed by atoms with Crippen molar-refractivity contribution in [3.63, 3.8) is 0 Å². The molecule has 1 aliphatic rings. The summed E-state index contributed by atoms with van der Waals surface area (Å²) in [6.45, 7) is 0.901. The molecule has 4 N–H and O–H groups in total. The summed E-state index contributed by atoms with van der Waals surface area (Å²) in [6, 6.07) is 3.53. The molecule has 114 valence electrons. The van der Waals surface area contributed by atoms with Crippen molar-refractivity contribution in [2.45, 2.75) is 25.7 Å². The normalized spacial score (nSPS) is 21.0. The number of amides is 2. The highest BCUT2D eigenvalue weighted by Crippen LogP contribution is 2.30.